The molecule has 8 heteroatoms. The third-order valence-corrected chi connectivity index (χ3v) is 6.29. The molecule has 1 amide bonds. The SMILES string of the molecule is CCNc1nnc(SCC(=O)Nc2ccccc2Sc2ccccc2)s1. The molecule has 5 nitrogen and oxygen atoms in total. The number of thioether (sulfide) groups is 1. The molecule has 3 rings (SSSR count). The molecule has 0 spiro atoms. The van der Waals surface area contributed by atoms with E-state index in [0.717, 1.165) is 31.5 Å². The Morgan fingerprint density at radius 3 is 2.65 bits per heavy atom. The summed E-state index contributed by atoms with van der Waals surface area (Å²) in [6.45, 7) is 2.81. The van der Waals surface area contributed by atoms with Gasteiger partial charge in [-0.1, -0.05) is 65.2 Å². The lowest BCUT2D eigenvalue weighted by Gasteiger charge is -2.10. The van der Waals surface area contributed by atoms with Crippen LogP contribution in [0.2, 0.25) is 0 Å². The van der Waals surface area contributed by atoms with Gasteiger partial charge in [-0.2, -0.15) is 0 Å². The Labute approximate surface area is 165 Å². The Kier molecular flexibility index (Phi) is 6.93. The summed E-state index contributed by atoms with van der Waals surface area (Å²) >= 11 is 4.48. The van der Waals surface area contributed by atoms with E-state index in [-0.39, 0.29) is 5.91 Å². The second-order valence-corrected chi connectivity index (χ2v) is 8.47. The molecule has 0 unspecified atom stereocenters. The molecule has 2 aromatic carbocycles. The van der Waals surface area contributed by atoms with Crippen LogP contribution in [0.4, 0.5) is 10.8 Å². The summed E-state index contributed by atoms with van der Waals surface area (Å²) in [5, 5.41) is 15.0. The van der Waals surface area contributed by atoms with Gasteiger partial charge in [0.05, 0.1) is 11.4 Å². The molecular weight excluding hydrogens is 384 g/mol. The molecule has 0 atom stereocenters. The van der Waals surface area contributed by atoms with Crippen LogP contribution in [-0.2, 0) is 4.79 Å². The number of hydrogen-bond donors (Lipinski definition) is 2. The Balaban J connectivity index is 1.58. The minimum atomic E-state index is -0.0590. The summed E-state index contributed by atoms with van der Waals surface area (Å²) < 4.78 is 0.781. The van der Waals surface area contributed by atoms with Crippen LogP contribution in [0.3, 0.4) is 0 Å². The monoisotopic (exact) mass is 402 g/mol. The molecule has 1 aromatic heterocycles. The summed E-state index contributed by atoms with van der Waals surface area (Å²) in [7, 11) is 0. The van der Waals surface area contributed by atoms with Gasteiger partial charge in [-0.25, -0.2) is 0 Å². The smallest absolute Gasteiger partial charge is 0.234 e. The number of carbonyl (C=O) groups excluding carboxylic acids is 1. The molecule has 134 valence electrons. The van der Waals surface area contributed by atoms with Gasteiger partial charge in [0, 0.05) is 16.3 Å². The third-order valence-electron chi connectivity index (χ3n) is 3.19. The zero-order valence-electron chi connectivity index (χ0n) is 14.1. The number of benzene rings is 2. The van der Waals surface area contributed by atoms with Gasteiger partial charge in [0.2, 0.25) is 11.0 Å². The predicted octanol–water partition coefficient (Wildman–Crippen LogP) is 4.85. The van der Waals surface area contributed by atoms with Crippen molar-refractivity contribution in [1.29, 1.82) is 0 Å². The minimum absolute atomic E-state index is 0.0590. The molecule has 1 heterocycles. The number of aromatic nitrogens is 2. The van der Waals surface area contributed by atoms with E-state index in [1.165, 1.54) is 23.1 Å². The summed E-state index contributed by atoms with van der Waals surface area (Å²) in [6.07, 6.45) is 0. The highest BCUT2D eigenvalue weighted by Gasteiger charge is 2.10. The summed E-state index contributed by atoms with van der Waals surface area (Å²) in [5.74, 6) is 0.238. The molecular formula is C18H18N4OS3. The molecule has 0 bridgehead atoms. The first-order valence-corrected chi connectivity index (χ1v) is 10.7. The van der Waals surface area contributed by atoms with Crippen molar-refractivity contribution in [1.82, 2.24) is 10.2 Å². The largest absolute Gasteiger partial charge is 0.360 e. The van der Waals surface area contributed by atoms with Gasteiger partial charge in [0.15, 0.2) is 4.34 Å². The number of carbonyl (C=O) groups is 1. The molecule has 0 aliphatic heterocycles. The maximum absolute atomic E-state index is 12.3. The number of amides is 1. The van der Waals surface area contributed by atoms with Crippen LogP contribution in [0.5, 0.6) is 0 Å². The van der Waals surface area contributed by atoms with Gasteiger partial charge in [-0.05, 0) is 31.2 Å². The average Bonchev–Trinajstić information content (AvgIpc) is 3.10. The van der Waals surface area contributed by atoms with Crippen molar-refractivity contribution in [2.24, 2.45) is 0 Å². The molecule has 0 aliphatic carbocycles. The first-order chi connectivity index (χ1) is 12.7. The highest BCUT2D eigenvalue weighted by molar-refractivity contribution is 8.01. The van der Waals surface area contributed by atoms with Crippen molar-refractivity contribution in [3.05, 3.63) is 54.6 Å². The standard InChI is InChI=1S/C18H18N4OS3/c1-2-19-17-21-22-18(26-17)24-12-16(23)20-14-10-6-7-11-15(14)25-13-8-4-3-5-9-13/h3-11H,2,12H2,1H3,(H,19,21)(H,20,23). The average molecular weight is 403 g/mol. The van der Waals surface area contributed by atoms with Crippen LogP contribution in [0.15, 0.2) is 68.7 Å². The summed E-state index contributed by atoms with van der Waals surface area (Å²) in [4.78, 5) is 14.5. The lowest BCUT2D eigenvalue weighted by molar-refractivity contribution is -0.113. The second kappa shape index (κ2) is 9.61. The van der Waals surface area contributed by atoms with E-state index in [2.05, 4.69) is 33.0 Å². The first kappa shape index (κ1) is 18.8. The van der Waals surface area contributed by atoms with Gasteiger partial charge in [-0.3, -0.25) is 4.79 Å². The molecule has 0 saturated heterocycles. The first-order valence-electron chi connectivity index (χ1n) is 8.06. The van der Waals surface area contributed by atoms with Crippen molar-refractivity contribution in [3.8, 4) is 0 Å². The van der Waals surface area contributed by atoms with E-state index >= 15 is 0 Å². The maximum Gasteiger partial charge on any atom is 0.234 e. The molecule has 26 heavy (non-hydrogen) atoms. The molecule has 2 N–H and O–H groups in total. The normalized spacial score (nSPS) is 10.5. The lowest BCUT2D eigenvalue weighted by atomic mass is 10.3. The second-order valence-electron chi connectivity index (χ2n) is 5.15. The van der Waals surface area contributed by atoms with Crippen LogP contribution in [0.1, 0.15) is 6.92 Å². The zero-order chi connectivity index (χ0) is 18.2. The lowest BCUT2D eigenvalue weighted by Crippen LogP contribution is -2.14. The number of para-hydroxylation sites is 1. The number of hydrogen-bond acceptors (Lipinski definition) is 7. The van der Waals surface area contributed by atoms with E-state index in [1.807, 2.05) is 49.4 Å². The Bertz CT molecular complexity index is 854. The Morgan fingerprint density at radius 2 is 1.85 bits per heavy atom. The van der Waals surface area contributed by atoms with Crippen LogP contribution in [0.25, 0.3) is 0 Å². The number of rotatable bonds is 8. The van der Waals surface area contributed by atoms with Gasteiger partial charge in [-0.15, -0.1) is 10.2 Å². The van der Waals surface area contributed by atoms with Crippen molar-refractivity contribution in [2.75, 3.05) is 22.9 Å². The molecule has 0 fully saturated rings. The van der Waals surface area contributed by atoms with Gasteiger partial charge >= 0.3 is 0 Å². The highest BCUT2D eigenvalue weighted by atomic mass is 32.2. The van der Waals surface area contributed by atoms with Gasteiger partial charge in [0.1, 0.15) is 0 Å². The molecule has 3 aromatic rings. The molecule has 0 radical (unpaired) electrons. The quantitative estimate of drug-likeness (QED) is 0.525. The van der Waals surface area contributed by atoms with E-state index in [1.54, 1.807) is 11.8 Å². The predicted molar refractivity (Wildman–Crippen MR) is 110 cm³/mol. The van der Waals surface area contributed by atoms with E-state index in [0.29, 0.717) is 5.75 Å². The number of nitrogens with one attached hydrogen (secondary N) is 2. The van der Waals surface area contributed by atoms with E-state index in [9.17, 15) is 4.79 Å². The van der Waals surface area contributed by atoms with E-state index < -0.39 is 0 Å². The van der Waals surface area contributed by atoms with Crippen molar-refractivity contribution >= 4 is 51.6 Å². The fraction of sp³-hybridized carbons (Fsp3) is 0.167. The van der Waals surface area contributed by atoms with E-state index in [4.69, 9.17) is 0 Å². The highest BCUT2D eigenvalue weighted by Crippen LogP contribution is 2.33. The van der Waals surface area contributed by atoms with Crippen LogP contribution < -0.4 is 10.6 Å². The minimum Gasteiger partial charge on any atom is -0.360 e. The third kappa shape index (κ3) is 5.48. The Morgan fingerprint density at radius 1 is 1.08 bits per heavy atom. The van der Waals surface area contributed by atoms with Crippen LogP contribution >= 0.6 is 34.9 Å². The maximum atomic E-state index is 12.3. The summed E-state index contributed by atoms with van der Waals surface area (Å²) in [6, 6.07) is 17.9. The molecule has 0 aliphatic rings. The summed E-state index contributed by atoms with van der Waals surface area (Å²) in [5.41, 5.74) is 0.817. The topological polar surface area (TPSA) is 66.9 Å². The van der Waals surface area contributed by atoms with Crippen LogP contribution in [0, 0.1) is 0 Å². The Hall–Kier alpha value is -2.03. The van der Waals surface area contributed by atoms with Crippen molar-refractivity contribution in [3.63, 3.8) is 0 Å². The number of nitrogens with zero attached hydrogens (tertiary/aromatic N) is 2. The number of anilines is 2. The van der Waals surface area contributed by atoms with Gasteiger partial charge < -0.3 is 10.6 Å². The fourth-order valence-electron chi connectivity index (χ4n) is 2.08. The van der Waals surface area contributed by atoms with Crippen molar-refractivity contribution < 1.29 is 4.79 Å². The zero-order valence-corrected chi connectivity index (χ0v) is 16.6. The fourth-order valence-corrected chi connectivity index (χ4v) is 4.62. The van der Waals surface area contributed by atoms with Crippen LogP contribution in [-0.4, -0.2) is 28.4 Å². The van der Waals surface area contributed by atoms with Crippen molar-refractivity contribution in [2.45, 2.75) is 21.1 Å². The van der Waals surface area contributed by atoms with Gasteiger partial charge in [0.25, 0.3) is 0 Å². The molecule has 0 saturated carbocycles.